The fourth-order valence-electron chi connectivity index (χ4n) is 2.44. The summed E-state index contributed by atoms with van der Waals surface area (Å²) < 4.78 is 0. The van der Waals surface area contributed by atoms with Crippen LogP contribution in [0.5, 0.6) is 0 Å². The number of hydrogen-bond acceptors (Lipinski definition) is 3. The summed E-state index contributed by atoms with van der Waals surface area (Å²) in [5.74, 6) is 0. The van der Waals surface area contributed by atoms with Gasteiger partial charge in [-0.2, -0.15) is 0 Å². The molecule has 0 radical (unpaired) electrons. The summed E-state index contributed by atoms with van der Waals surface area (Å²) in [6.45, 7) is 7.42. The van der Waals surface area contributed by atoms with Gasteiger partial charge in [-0.3, -0.25) is 0 Å². The summed E-state index contributed by atoms with van der Waals surface area (Å²) in [5.41, 5.74) is 1.65. The van der Waals surface area contributed by atoms with Crippen LogP contribution < -0.4 is 10.2 Å². The third-order valence-electron chi connectivity index (χ3n) is 3.60. The van der Waals surface area contributed by atoms with Gasteiger partial charge in [0.2, 0.25) is 0 Å². The van der Waals surface area contributed by atoms with Crippen molar-refractivity contribution in [1.82, 2.24) is 5.32 Å². The molecule has 4 heteroatoms. The molecule has 1 aliphatic rings. The molecule has 106 valence electrons. The Bertz CT molecular complexity index is 434. The molecule has 0 spiro atoms. The Hall–Kier alpha value is -0.770. The van der Waals surface area contributed by atoms with Crippen LogP contribution in [-0.4, -0.2) is 30.3 Å². The minimum atomic E-state index is -0.576. The van der Waals surface area contributed by atoms with Gasteiger partial charge in [0.25, 0.3) is 0 Å². The molecule has 0 bridgehead atoms. The van der Waals surface area contributed by atoms with Gasteiger partial charge in [-0.1, -0.05) is 24.6 Å². The van der Waals surface area contributed by atoms with E-state index in [-0.39, 0.29) is 0 Å². The van der Waals surface area contributed by atoms with E-state index in [1.54, 1.807) is 0 Å². The van der Waals surface area contributed by atoms with Gasteiger partial charge < -0.3 is 15.3 Å². The standard InChI is InChI=1S/C15H23ClN2O/c1-3-7-17-10-12-4-5-13(9-14(12)16)18-8-6-15(2,19)11-18/h4-5,9,17,19H,3,6-8,10-11H2,1-2H3. The van der Waals surface area contributed by atoms with Gasteiger partial charge in [0.05, 0.1) is 5.60 Å². The first-order valence-electron chi connectivity index (χ1n) is 6.98. The smallest absolute Gasteiger partial charge is 0.0810 e. The second-order valence-corrected chi connectivity index (χ2v) is 6.03. The largest absolute Gasteiger partial charge is 0.388 e. The number of benzene rings is 1. The van der Waals surface area contributed by atoms with Crippen molar-refractivity contribution in [2.45, 2.75) is 38.8 Å². The summed E-state index contributed by atoms with van der Waals surface area (Å²) in [4.78, 5) is 2.19. The number of anilines is 1. The van der Waals surface area contributed by atoms with E-state index in [1.807, 2.05) is 13.0 Å². The predicted octanol–water partition coefficient (Wildman–Crippen LogP) is 2.80. The fourth-order valence-corrected chi connectivity index (χ4v) is 2.68. The summed E-state index contributed by atoms with van der Waals surface area (Å²) in [6.07, 6.45) is 1.93. The Kier molecular flexibility index (Phi) is 4.71. The lowest BCUT2D eigenvalue weighted by Crippen LogP contribution is -2.29. The molecule has 1 aromatic rings. The average Bonchev–Trinajstić information content (AvgIpc) is 2.72. The highest BCUT2D eigenvalue weighted by atomic mass is 35.5. The zero-order chi connectivity index (χ0) is 13.9. The molecule has 2 N–H and O–H groups in total. The first-order valence-corrected chi connectivity index (χ1v) is 7.36. The van der Waals surface area contributed by atoms with E-state index in [4.69, 9.17) is 11.6 Å². The molecule has 1 fully saturated rings. The molecule has 1 heterocycles. The lowest BCUT2D eigenvalue weighted by molar-refractivity contribution is 0.0839. The van der Waals surface area contributed by atoms with E-state index in [0.29, 0.717) is 6.54 Å². The van der Waals surface area contributed by atoms with Gasteiger partial charge >= 0.3 is 0 Å². The van der Waals surface area contributed by atoms with Crippen LogP contribution in [0.3, 0.4) is 0 Å². The highest BCUT2D eigenvalue weighted by Crippen LogP contribution is 2.29. The summed E-state index contributed by atoms with van der Waals surface area (Å²) in [6, 6.07) is 6.18. The highest BCUT2D eigenvalue weighted by Gasteiger charge is 2.31. The van der Waals surface area contributed by atoms with Crippen molar-refractivity contribution in [2.75, 3.05) is 24.5 Å². The molecule has 1 atom stereocenters. The van der Waals surface area contributed by atoms with Gasteiger partial charge in [-0.25, -0.2) is 0 Å². The Morgan fingerprint density at radius 1 is 1.47 bits per heavy atom. The van der Waals surface area contributed by atoms with Crippen LogP contribution in [0.2, 0.25) is 5.02 Å². The van der Waals surface area contributed by atoms with Crippen molar-refractivity contribution in [3.05, 3.63) is 28.8 Å². The number of β-amino-alcohol motifs (C(OH)–C–C–N with tert-alkyl or cyclic N) is 1. The third kappa shape index (κ3) is 3.85. The summed E-state index contributed by atoms with van der Waals surface area (Å²) in [5, 5.41) is 14.2. The Morgan fingerprint density at radius 2 is 2.26 bits per heavy atom. The van der Waals surface area contributed by atoms with Gasteiger partial charge in [0.1, 0.15) is 0 Å². The lowest BCUT2D eigenvalue weighted by Gasteiger charge is -2.21. The number of rotatable bonds is 5. The molecule has 19 heavy (non-hydrogen) atoms. The molecule has 2 rings (SSSR count). The molecule has 3 nitrogen and oxygen atoms in total. The molecular weight excluding hydrogens is 260 g/mol. The maximum absolute atomic E-state index is 10.0. The molecule has 0 aromatic heterocycles. The number of nitrogens with zero attached hydrogens (tertiary/aromatic N) is 1. The molecule has 1 aliphatic heterocycles. The fraction of sp³-hybridized carbons (Fsp3) is 0.600. The van der Waals surface area contributed by atoms with Gasteiger partial charge in [-0.05, 0) is 44.0 Å². The molecule has 1 saturated heterocycles. The maximum Gasteiger partial charge on any atom is 0.0810 e. The minimum absolute atomic E-state index is 0.576. The molecule has 0 aliphatic carbocycles. The Morgan fingerprint density at radius 3 is 2.84 bits per heavy atom. The van der Waals surface area contributed by atoms with E-state index in [1.165, 1.54) is 0 Å². The van der Waals surface area contributed by atoms with Crippen molar-refractivity contribution < 1.29 is 5.11 Å². The van der Waals surface area contributed by atoms with E-state index in [9.17, 15) is 5.11 Å². The van der Waals surface area contributed by atoms with E-state index in [2.05, 4.69) is 29.3 Å². The molecule has 1 aromatic carbocycles. The Labute approximate surface area is 120 Å². The van der Waals surface area contributed by atoms with Crippen molar-refractivity contribution in [1.29, 1.82) is 0 Å². The summed E-state index contributed by atoms with van der Waals surface area (Å²) in [7, 11) is 0. The SMILES string of the molecule is CCCNCc1ccc(N2CCC(C)(O)C2)cc1Cl. The number of hydrogen-bond donors (Lipinski definition) is 2. The lowest BCUT2D eigenvalue weighted by atomic mass is 10.1. The zero-order valence-corrected chi connectivity index (χ0v) is 12.5. The second-order valence-electron chi connectivity index (χ2n) is 5.62. The van der Waals surface area contributed by atoms with Crippen molar-refractivity contribution in [3.8, 4) is 0 Å². The number of nitrogens with one attached hydrogen (secondary N) is 1. The quantitative estimate of drug-likeness (QED) is 0.815. The summed E-state index contributed by atoms with van der Waals surface area (Å²) >= 11 is 6.33. The van der Waals surface area contributed by atoms with Crippen LogP contribution in [0.4, 0.5) is 5.69 Å². The molecular formula is C15H23ClN2O. The number of halogens is 1. The highest BCUT2D eigenvalue weighted by molar-refractivity contribution is 6.31. The third-order valence-corrected chi connectivity index (χ3v) is 3.95. The van der Waals surface area contributed by atoms with Crippen LogP contribution in [0.1, 0.15) is 32.3 Å². The first-order chi connectivity index (χ1) is 9.02. The van der Waals surface area contributed by atoms with Crippen LogP contribution in [-0.2, 0) is 6.54 Å². The van der Waals surface area contributed by atoms with Crippen LogP contribution >= 0.6 is 11.6 Å². The topological polar surface area (TPSA) is 35.5 Å². The predicted molar refractivity (Wildman–Crippen MR) is 80.9 cm³/mol. The first kappa shape index (κ1) is 14.6. The monoisotopic (exact) mass is 282 g/mol. The van der Waals surface area contributed by atoms with Crippen LogP contribution in [0.15, 0.2) is 18.2 Å². The van der Waals surface area contributed by atoms with Crippen molar-refractivity contribution in [3.63, 3.8) is 0 Å². The number of aliphatic hydroxyl groups is 1. The maximum atomic E-state index is 10.0. The van der Waals surface area contributed by atoms with Crippen LogP contribution in [0.25, 0.3) is 0 Å². The Balaban J connectivity index is 2.02. The van der Waals surface area contributed by atoms with Gasteiger partial charge in [0.15, 0.2) is 0 Å². The van der Waals surface area contributed by atoms with E-state index in [0.717, 1.165) is 48.7 Å². The average molecular weight is 283 g/mol. The van der Waals surface area contributed by atoms with Crippen LogP contribution in [0, 0.1) is 0 Å². The molecule has 0 amide bonds. The van der Waals surface area contributed by atoms with E-state index >= 15 is 0 Å². The van der Waals surface area contributed by atoms with Crippen molar-refractivity contribution >= 4 is 17.3 Å². The van der Waals surface area contributed by atoms with Gasteiger partial charge in [-0.15, -0.1) is 0 Å². The molecule has 1 unspecified atom stereocenters. The van der Waals surface area contributed by atoms with Crippen molar-refractivity contribution in [2.24, 2.45) is 0 Å². The second kappa shape index (κ2) is 6.12. The zero-order valence-electron chi connectivity index (χ0n) is 11.7. The van der Waals surface area contributed by atoms with E-state index < -0.39 is 5.60 Å². The minimum Gasteiger partial charge on any atom is -0.388 e. The molecule has 0 saturated carbocycles. The van der Waals surface area contributed by atoms with Gasteiger partial charge in [0, 0.05) is 30.3 Å². The normalized spacial score (nSPS) is 23.1.